The van der Waals surface area contributed by atoms with Crippen LogP contribution in [0, 0.1) is 11.3 Å². The number of nitrogens with one attached hydrogen (secondary N) is 2. The molecule has 2 N–H and O–H groups in total. The highest BCUT2D eigenvalue weighted by Crippen LogP contribution is 2.53. The molecule has 2 aliphatic heterocycles. The molecule has 1 aromatic rings. The molecule has 0 bridgehead atoms. The second-order valence-corrected chi connectivity index (χ2v) is 10.8. The Morgan fingerprint density at radius 2 is 1.97 bits per heavy atom. The van der Waals surface area contributed by atoms with E-state index in [4.69, 9.17) is 0 Å². The molecule has 1 saturated heterocycles. The number of halogens is 2. The van der Waals surface area contributed by atoms with E-state index in [1.807, 2.05) is 19.1 Å². The summed E-state index contributed by atoms with van der Waals surface area (Å²) in [6.07, 6.45) is 5.51. The average molecular weight is 472 g/mol. The fourth-order valence-electron chi connectivity index (χ4n) is 6.28. The van der Waals surface area contributed by atoms with Crippen LogP contribution in [0.3, 0.4) is 0 Å². The number of hydrogen-bond acceptors (Lipinski definition) is 3. The van der Waals surface area contributed by atoms with Gasteiger partial charge in [-0.1, -0.05) is 31.6 Å². The predicted octanol–water partition coefficient (Wildman–Crippen LogP) is 4.56. The first-order valence-electron chi connectivity index (χ1n) is 12.7. The van der Waals surface area contributed by atoms with Crippen LogP contribution in [-0.2, 0) is 17.8 Å². The number of rotatable bonds is 7. The summed E-state index contributed by atoms with van der Waals surface area (Å²) >= 11 is 0. The first-order chi connectivity index (χ1) is 16.3. The van der Waals surface area contributed by atoms with Gasteiger partial charge < -0.3 is 15.5 Å². The quantitative estimate of drug-likeness (QED) is 0.613. The standard InChI is InChI=1S/C27H35F2N3O2/c1-16-7-10-23(24(33)30-16)32-15-20-14-18(8-9-21(20)25(32)34)13-19-5-3-4-6-22(19)31-17(2)27(11-12-27)26(28)29/h8-9,14,17,19,22-23,26,31H,1,3-7,10-13,15H2,2H3,(H,30,33)/t17-,19-,22+,23?/m1/s1. The second-order valence-electron chi connectivity index (χ2n) is 10.8. The molecule has 34 heavy (non-hydrogen) atoms. The summed E-state index contributed by atoms with van der Waals surface area (Å²) in [6, 6.07) is 5.65. The number of allylic oxidation sites excluding steroid dienone is 1. The third-order valence-electron chi connectivity index (χ3n) is 8.70. The lowest BCUT2D eigenvalue weighted by Gasteiger charge is -2.37. The Hall–Kier alpha value is -2.28. The van der Waals surface area contributed by atoms with Crippen molar-refractivity contribution in [2.24, 2.45) is 11.3 Å². The van der Waals surface area contributed by atoms with Crippen LogP contribution in [0.1, 0.15) is 79.8 Å². The van der Waals surface area contributed by atoms with Crippen molar-refractivity contribution in [3.05, 3.63) is 47.2 Å². The van der Waals surface area contributed by atoms with E-state index in [1.165, 1.54) is 5.56 Å². The summed E-state index contributed by atoms with van der Waals surface area (Å²) in [4.78, 5) is 27.1. The van der Waals surface area contributed by atoms with E-state index in [1.54, 1.807) is 4.90 Å². The molecule has 2 saturated carbocycles. The summed E-state index contributed by atoms with van der Waals surface area (Å²) in [5.41, 5.74) is 2.70. The van der Waals surface area contributed by atoms with Crippen molar-refractivity contribution < 1.29 is 18.4 Å². The zero-order valence-electron chi connectivity index (χ0n) is 19.9. The minimum Gasteiger partial charge on any atom is -0.329 e. The summed E-state index contributed by atoms with van der Waals surface area (Å²) in [5, 5.41) is 6.38. The van der Waals surface area contributed by atoms with Gasteiger partial charge >= 0.3 is 0 Å². The van der Waals surface area contributed by atoms with Gasteiger partial charge in [0, 0.05) is 35.3 Å². The molecule has 7 heteroatoms. The lowest BCUT2D eigenvalue weighted by molar-refractivity contribution is -0.126. The van der Waals surface area contributed by atoms with Gasteiger partial charge in [-0.05, 0) is 75.0 Å². The SMILES string of the molecule is C=C1CCC(N2Cc3cc(C[C@H]4CCCC[C@@H]4N[C@H](C)C4(C(F)F)CC4)ccc3C2=O)C(=O)N1. The largest absolute Gasteiger partial charge is 0.329 e. The number of carbonyl (C=O) groups excluding carboxylic acids is 2. The van der Waals surface area contributed by atoms with Crippen molar-refractivity contribution in [1.82, 2.24) is 15.5 Å². The molecule has 4 atom stereocenters. The van der Waals surface area contributed by atoms with Crippen LogP contribution in [0.2, 0.25) is 0 Å². The minimum absolute atomic E-state index is 0.0815. The maximum absolute atomic E-state index is 13.6. The van der Waals surface area contributed by atoms with Gasteiger partial charge in [-0.25, -0.2) is 8.78 Å². The molecule has 5 rings (SSSR count). The zero-order valence-corrected chi connectivity index (χ0v) is 19.9. The van der Waals surface area contributed by atoms with Crippen molar-refractivity contribution in [1.29, 1.82) is 0 Å². The highest BCUT2D eigenvalue weighted by molar-refractivity contribution is 6.01. The van der Waals surface area contributed by atoms with Gasteiger partial charge in [0.05, 0.1) is 0 Å². The Bertz CT molecular complexity index is 990. The number of carbonyl (C=O) groups is 2. The van der Waals surface area contributed by atoms with E-state index in [0.29, 0.717) is 49.4 Å². The molecule has 2 amide bonds. The molecule has 184 valence electrons. The summed E-state index contributed by atoms with van der Waals surface area (Å²) in [6.45, 7) is 6.20. The Morgan fingerprint density at radius 1 is 1.21 bits per heavy atom. The van der Waals surface area contributed by atoms with Crippen LogP contribution in [0.15, 0.2) is 30.5 Å². The molecular weight excluding hydrogens is 436 g/mol. The molecule has 1 unspecified atom stereocenters. The van der Waals surface area contributed by atoms with Gasteiger partial charge in [0.2, 0.25) is 12.3 Å². The number of alkyl halides is 2. The van der Waals surface area contributed by atoms with Crippen LogP contribution in [-0.4, -0.2) is 41.3 Å². The first kappa shape index (κ1) is 23.5. The summed E-state index contributed by atoms with van der Waals surface area (Å²) < 4.78 is 27.2. The topological polar surface area (TPSA) is 61.4 Å². The Morgan fingerprint density at radius 3 is 2.68 bits per heavy atom. The summed E-state index contributed by atoms with van der Waals surface area (Å²) in [5.74, 6) is 0.160. The normalized spacial score (nSPS) is 29.2. The third-order valence-corrected chi connectivity index (χ3v) is 8.70. The molecule has 2 heterocycles. The molecule has 1 aromatic carbocycles. The maximum Gasteiger partial charge on any atom is 0.255 e. The molecule has 3 fully saturated rings. The fraction of sp³-hybridized carbons (Fsp3) is 0.630. The third kappa shape index (κ3) is 4.28. The van der Waals surface area contributed by atoms with E-state index in [-0.39, 0.29) is 23.9 Å². The molecule has 5 nitrogen and oxygen atoms in total. The van der Waals surface area contributed by atoms with Crippen molar-refractivity contribution in [2.45, 2.75) is 95.8 Å². The Balaban J connectivity index is 1.26. The van der Waals surface area contributed by atoms with Gasteiger partial charge in [0.25, 0.3) is 5.91 Å². The van der Waals surface area contributed by atoms with Crippen molar-refractivity contribution >= 4 is 11.8 Å². The number of benzene rings is 1. The van der Waals surface area contributed by atoms with E-state index in [2.05, 4.69) is 23.3 Å². The zero-order chi connectivity index (χ0) is 24.0. The molecule has 0 radical (unpaired) electrons. The van der Waals surface area contributed by atoms with Gasteiger partial charge in [0.1, 0.15) is 6.04 Å². The van der Waals surface area contributed by atoms with Crippen LogP contribution < -0.4 is 10.6 Å². The molecule has 2 aliphatic carbocycles. The highest BCUT2D eigenvalue weighted by atomic mass is 19.3. The Kier molecular flexibility index (Phi) is 6.25. The van der Waals surface area contributed by atoms with Crippen molar-refractivity contribution in [2.75, 3.05) is 0 Å². The van der Waals surface area contributed by atoms with E-state index in [9.17, 15) is 18.4 Å². The number of nitrogens with zero attached hydrogens (tertiary/aromatic N) is 1. The number of fused-ring (bicyclic) bond motifs is 1. The van der Waals surface area contributed by atoms with E-state index < -0.39 is 17.9 Å². The monoisotopic (exact) mass is 471 g/mol. The van der Waals surface area contributed by atoms with Gasteiger partial charge in [-0.2, -0.15) is 0 Å². The first-order valence-corrected chi connectivity index (χ1v) is 12.7. The Labute approximate surface area is 200 Å². The van der Waals surface area contributed by atoms with E-state index in [0.717, 1.165) is 37.7 Å². The van der Waals surface area contributed by atoms with Crippen molar-refractivity contribution in [3.8, 4) is 0 Å². The number of piperidine rings is 1. The van der Waals surface area contributed by atoms with Gasteiger partial charge in [-0.15, -0.1) is 0 Å². The number of amides is 2. The van der Waals surface area contributed by atoms with Gasteiger partial charge in [0.15, 0.2) is 0 Å². The summed E-state index contributed by atoms with van der Waals surface area (Å²) in [7, 11) is 0. The highest BCUT2D eigenvalue weighted by Gasteiger charge is 2.55. The number of hydrogen-bond donors (Lipinski definition) is 2. The second kappa shape index (κ2) is 9.06. The minimum atomic E-state index is -2.27. The lowest BCUT2D eigenvalue weighted by Crippen LogP contribution is -2.49. The molecule has 0 spiro atoms. The van der Waals surface area contributed by atoms with Crippen LogP contribution in [0.25, 0.3) is 0 Å². The van der Waals surface area contributed by atoms with E-state index >= 15 is 0 Å². The predicted molar refractivity (Wildman–Crippen MR) is 126 cm³/mol. The fourth-order valence-corrected chi connectivity index (χ4v) is 6.28. The molecule has 0 aromatic heterocycles. The maximum atomic E-state index is 13.6. The van der Waals surface area contributed by atoms with Crippen LogP contribution >= 0.6 is 0 Å². The van der Waals surface area contributed by atoms with Crippen LogP contribution in [0.4, 0.5) is 8.78 Å². The van der Waals surface area contributed by atoms with Crippen molar-refractivity contribution in [3.63, 3.8) is 0 Å². The molecule has 4 aliphatic rings. The smallest absolute Gasteiger partial charge is 0.255 e. The molecular formula is C27H35F2N3O2. The lowest BCUT2D eigenvalue weighted by atomic mass is 9.79. The van der Waals surface area contributed by atoms with Crippen LogP contribution in [0.5, 0.6) is 0 Å². The average Bonchev–Trinajstić information content (AvgIpc) is 3.56. The van der Waals surface area contributed by atoms with Gasteiger partial charge in [-0.3, -0.25) is 9.59 Å².